The van der Waals surface area contributed by atoms with Gasteiger partial charge in [0.2, 0.25) is 5.89 Å². The van der Waals surface area contributed by atoms with Gasteiger partial charge in [0, 0.05) is 6.61 Å². The zero-order valence-electron chi connectivity index (χ0n) is 9.40. The molecule has 5 nitrogen and oxygen atoms in total. The Hall–Kier alpha value is -0.940. The molecule has 0 aliphatic rings. The Balaban J connectivity index is 2.43. The molecule has 15 heavy (non-hydrogen) atoms. The fraction of sp³-hybridized carbons (Fsp3) is 0.800. The van der Waals surface area contributed by atoms with E-state index in [4.69, 9.17) is 15.0 Å². The summed E-state index contributed by atoms with van der Waals surface area (Å²) in [4.78, 5) is 4.17. The van der Waals surface area contributed by atoms with Gasteiger partial charge in [0.1, 0.15) is 6.61 Å². The van der Waals surface area contributed by atoms with Crippen molar-refractivity contribution in [2.45, 2.75) is 45.8 Å². The number of rotatable bonds is 7. The average Bonchev–Trinajstić information content (AvgIpc) is 2.71. The predicted molar refractivity (Wildman–Crippen MR) is 56.1 cm³/mol. The summed E-state index contributed by atoms with van der Waals surface area (Å²) in [5.74, 6) is 1.08. The van der Waals surface area contributed by atoms with Crippen LogP contribution in [0.3, 0.4) is 0 Å². The Bertz CT molecular complexity index is 275. The topological polar surface area (TPSA) is 74.2 Å². The molecular formula is C10H19N3O2. The first-order valence-electron chi connectivity index (χ1n) is 5.43. The van der Waals surface area contributed by atoms with Crippen LogP contribution in [0.2, 0.25) is 0 Å². The predicted octanol–water partition coefficient (Wildman–Crippen LogP) is 1.80. The molecule has 1 aromatic rings. The molecule has 0 saturated carbocycles. The molecule has 0 fully saturated rings. The molecule has 1 aromatic heterocycles. The Morgan fingerprint density at radius 3 is 2.93 bits per heavy atom. The second-order valence-corrected chi connectivity index (χ2v) is 3.43. The normalized spacial score (nSPS) is 13.0. The molecule has 1 heterocycles. The molecule has 0 aromatic carbocycles. The highest BCUT2D eigenvalue weighted by Gasteiger charge is 2.13. The Morgan fingerprint density at radius 1 is 1.47 bits per heavy atom. The second kappa shape index (κ2) is 6.53. The van der Waals surface area contributed by atoms with Crippen LogP contribution in [-0.4, -0.2) is 16.7 Å². The van der Waals surface area contributed by atoms with Crippen molar-refractivity contribution in [3.8, 4) is 0 Å². The van der Waals surface area contributed by atoms with Gasteiger partial charge < -0.3 is 15.0 Å². The number of nitrogens with two attached hydrogens (primary N) is 1. The van der Waals surface area contributed by atoms with E-state index in [1.807, 2.05) is 6.92 Å². The smallest absolute Gasteiger partial charge is 0.243 e. The molecule has 0 saturated heterocycles. The van der Waals surface area contributed by atoms with Crippen molar-refractivity contribution < 1.29 is 9.26 Å². The third-order valence-corrected chi connectivity index (χ3v) is 2.10. The Kier molecular flexibility index (Phi) is 5.28. The monoisotopic (exact) mass is 213 g/mol. The molecule has 0 aliphatic heterocycles. The van der Waals surface area contributed by atoms with Gasteiger partial charge in [0.15, 0.2) is 5.82 Å². The maximum absolute atomic E-state index is 5.89. The zero-order valence-corrected chi connectivity index (χ0v) is 9.40. The van der Waals surface area contributed by atoms with Gasteiger partial charge in [0.05, 0.1) is 6.04 Å². The van der Waals surface area contributed by atoms with E-state index >= 15 is 0 Å². The van der Waals surface area contributed by atoms with E-state index in [1.165, 1.54) is 0 Å². The molecule has 86 valence electrons. The third kappa shape index (κ3) is 3.97. The van der Waals surface area contributed by atoms with E-state index in [2.05, 4.69) is 17.1 Å². The molecule has 0 spiro atoms. The van der Waals surface area contributed by atoms with Crippen molar-refractivity contribution in [1.29, 1.82) is 0 Å². The minimum absolute atomic E-state index is 0.146. The fourth-order valence-electron chi connectivity index (χ4n) is 1.22. The molecule has 1 unspecified atom stereocenters. The summed E-state index contributed by atoms with van der Waals surface area (Å²) in [6.45, 7) is 5.08. The highest BCUT2D eigenvalue weighted by atomic mass is 16.5. The summed E-state index contributed by atoms with van der Waals surface area (Å²) in [5, 5.41) is 3.79. The summed E-state index contributed by atoms with van der Waals surface area (Å²) in [5.41, 5.74) is 5.89. The highest BCUT2D eigenvalue weighted by molar-refractivity contribution is 4.90. The Morgan fingerprint density at radius 2 is 2.27 bits per heavy atom. The lowest BCUT2D eigenvalue weighted by Crippen LogP contribution is -2.10. The lowest BCUT2D eigenvalue weighted by molar-refractivity contribution is 0.126. The van der Waals surface area contributed by atoms with E-state index in [0.717, 1.165) is 19.3 Å². The number of ether oxygens (including phenoxy) is 1. The van der Waals surface area contributed by atoms with Crippen molar-refractivity contribution >= 4 is 0 Å². The molecule has 0 radical (unpaired) electrons. The molecule has 0 aliphatic carbocycles. The van der Waals surface area contributed by atoms with Crippen LogP contribution in [0.1, 0.15) is 50.9 Å². The van der Waals surface area contributed by atoms with E-state index in [-0.39, 0.29) is 6.04 Å². The van der Waals surface area contributed by atoms with Crippen molar-refractivity contribution in [2.24, 2.45) is 5.73 Å². The summed E-state index contributed by atoms with van der Waals surface area (Å²) in [7, 11) is 0. The van der Waals surface area contributed by atoms with Crippen LogP contribution in [0, 0.1) is 0 Å². The minimum Gasteiger partial charge on any atom is -0.374 e. The van der Waals surface area contributed by atoms with Crippen molar-refractivity contribution in [3.05, 3.63) is 11.7 Å². The van der Waals surface area contributed by atoms with Gasteiger partial charge in [-0.3, -0.25) is 0 Å². The minimum atomic E-state index is -0.146. The van der Waals surface area contributed by atoms with Gasteiger partial charge in [-0.15, -0.1) is 0 Å². The second-order valence-electron chi connectivity index (χ2n) is 3.43. The first-order chi connectivity index (χ1) is 7.27. The lowest BCUT2D eigenvalue weighted by atomic mass is 10.1. The molecule has 1 rings (SSSR count). The van der Waals surface area contributed by atoms with Gasteiger partial charge in [0.25, 0.3) is 0 Å². The van der Waals surface area contributed by atoms with Crippen molar-refractivity contribution in [3.63, 3.8) is 0 Å². The standard InChI is InChI=1S/C10H19N3O2/c1-3-5-6-8(11)10-12-9(13-15-10)7-14-4-2/h8H,3-7,11H2,1-2H3. The maximum atomic E-state index is 5.89. The first kappa shape index (κ1) is 12.1. The van der Waals surface area contributed by atoms with E-state index in [1.54, 1.807) is 0 Å². The molecular weight excluding hydrogens is 194 g/mol. The zero-order chi connectivity index (χ0) is 11.1. The molecule has 1 atom stereocenters. The lowest BCUT2D eigenvalue weighted by Gasteiger charge is -2.03. The van der Waals surface area contributed by atoms with Crippen LogP contribution in [-0.2, 0) is 11.3 Å². The quantitative estimate of drug-likeness (QED) is 0.747. The van der Waals surface area contributed by atoms with Crippen LogP contribution < -0.4 is 5.73 Å². The molecule has 2 N–H and O–H groups in total. The molecule has 0 amide bonds. The van der Waals surface area contributed by atoms with Crippen molar-refractivity contribution in [2.75, 3.05) is 6.61 Å². The van der Waals surface area contributed by atoms with Crippen LogP contribution >= 0.6 is 0 Å². The van der Waals surface area contributed by atoms with Gasteiger partial charge in [-0.1, -0.05) is 24.9 Å². The first-order valence-corrected chi connectivity index (χ1v) is 5.43. The van der Waals surface area contributed by atoms with Gasteiger partial charge in [-0.05, 0) is 13.3 Å². The van der Waals surface area contributed by atoms with Crippen LogP contribution in [0.4, 0.5) is 0 Å². The van der Waals surface area contributed by atoms with Crippen LogP contribution in [0.25, 0.3) is 0 Å². The Labute approximate surface area is 90.0 Å². The van der Waals surface area contributed by atoms with E-state index in [9.17, 15) is 0 Å². The fourth-order valence-corrected chi connectivity index (χ4v) is 1.22. The molecule has 0 bridgehead atoms. The van der Waals surface area contributed by atoms with Crippen molar-refractivity contribution in [1.82, 2.24) is 10.1 Å². The van der Waals surface area contributed by atoms with Gasteiger partial charge in [-0.2, -0.15) is 4.98 Å². The molecule has 5 heteroatoms. The highest BCUT2D eigenvalue weighted by Crippen LogP contribution is 2.14. The SMILES string of the molecule is CCCCC(N)c1nc(COCC)no1. The van der Waals surface area contributed by atoms with Gasteiger partial charge in [-0.25, -0.2) is 0 Å². The number of hydrogen-bond acceptors (Lipinski definition) is 5. The number of hydrogen-bond donors (Lipinski definition) is 1. The third-order valence-electron chi connectivity index (χ3n) is 2.10. The number of aromatic nitrogens is 2. The van der Waals surface area contributed by atoms with Crippen LogP contribution in [0.5, 0.6) is 0 Å². The summed E-state index contributed by atoms with van der Waals surface area (Å²) in [6.07, 6.45) is 3.07. The summed E-state index contributed by atoms with van der Waals surface area (Å²) >= 11 is 0. The maximum Gasteiger partial charge on any atom is 0.243 e. The van der Waals surface area contributed by atoms with Gasteiger partial charge >= 0.3 is 0 Å². The van der Waals surface area contributed by atoms with E-state index < -0.39 is 0 Å². The van der Waals surface area contributed by atoms with Crippen LogP contribution in [0.15, 0.2) is 4.52 Å². The average molecular weight is 213 g/mol. The number of nitrogens with zero attached hydrogens (tertiary/aromatic N) is 2. The summed E-state index contributed by atoms with van der Waals surface area (Å²) in [6, 6.07) is -0.146. The number of unbranched alkanes of at least 4 members (excludes halogenated alkanes) is 1. The summed E-state index contributed by atoms with van der Waals surface area (Å²) < 4.78 is 10.2. The van der Waals surface area contributed by atoms with E-state index in [0.29, 0.717) is 24.9 Å². The largest absolute Gasteiger partial charge is 0.374 e.